The summed E-state index contributed by atoms with van der Waals surface area (Å²) in [6.45, 7) is 0. The van der Waals surface area contributed by atoms with Crippen LogP contribution < -0.4 is 0 Å². The molecule has 0 heteroatoms. The summed E-state index contributed by atoms with van der Waals surface area (Å²) in [7, 11) is 0. The minimum absolute atomic E-state index is 1.13. The topological polar surface area (TPSA) is 0 Å². The minimum atomic E-state index is 1.13. The predicted octanol–water partition coefficient (Wildman–Crippen LogP) is 4.82. The summed E-state index contributed by atoms with van der Waals surface area (Å²) in [4.78, 5) is 0. The monoisotopic (exact) mass is 235 g/mol. The molecule has 18 heavy (non-hydrogen) atoms. The van der Waals surface area contributed by atoms with Crippen molar-refractivity contribution in [3.8, 4) is 0 Å². The fraction of sp³-hybridized carbons (Fsp3) is 0.167. The molecular formula is C18H19. The summed E-state index contributed by atoms with van der Waals surface area (Å²) in [6.07, 6.45) is 20.3. The third-order valence-electron chi connectivity index (χ3n) is 2.95. The standard InChI is InChI=1S/C18H19/c1-2-4-7-12-17(11-6-3-1)15-10-16-18-13-8-5-9-14-18/h1-9,11-14H,10,15-16H2/b2-1-,6-3-,7-4-,17-11+. The van der Waals surface area contributed by atoms with Crippen LogP contribution in [0.15, 0.2) is 78.4 Å². The third-order valence-corrected chi connectivity index (χ3v) is 2.95. The molecule has 1 aromatic carbocycles. The average molecular weight is 235 g/mol. The Morgan fingerprint density at radius 3 is 2.22 bits per heavy atom. The van der Waals surface area contributed by atoms with Gasteiger partial charge >= 0.3 is 0 Å². The van der Waals surface area contributed by atoms with Gasteiger partial charge in [-0.05, 0) is 24.8 Å². The second-order valence-electron chi connectivity index (χ2n) is 4.40. The van der Waals surface area contributed by atoms with Gasteiger partial charge in [0.25, 0.3) is 0 Å². The van der Waals surface area contributed by atoms with Gasteiger partial charge in [-0.3, -0.25) is 0 Å². The van der Waals surface area contributed by atoms with Crippen molar-refractivity contribution in [2.45, 2.75) is 19.3 Å². The Morgan fingerprint density at radius 1 is 0.667 bits per heavy atom. The van der Waals surface area contributed by atoms with Crippen LogP contribution in [0.2, 0.25) is 0 Å². The molecule has 91 valence electrons. The van der Waals surface area contributed by atoms with Crippen LogP contribution in [-0.4, -0.2) is 0 Å². The number of rotatable bonds is 4. The maximum absolute atomic E-state index is 2.20. The molecule has 0 aliphatic heterocycles. The van der Waals surface area contributed by atoms with E-state index in [1.165, 1.54) is 17.6 Å². The lowest BCUT2D eigenvalue weighted by atomic mass is 10.0. The molecule has 0 unspecified atom stereocenters. The van der Waals surface area contributed by atoms with Crippen molar-refractivity contribution in [1.29, 1.82) is 0 Å². The van der Waals surface area contributed by atoms with Gasteiger partial charge in [-0.25, -0.2) is 0 Å². The molecule has 0 N–H and O–H groups in total. The van der Waals surface area contributed by atoms with Crippen molar-refractivity contribution >= 4 is 0 Å². The Bertz CT molecular complexity index is 458. The summed E-state index contributed by atoms with van der Waals surface area (Å²) in [5.74, 6) is 0. The van der Waals surface area contributed by atoms with Gasteiger partial charge in [0.15, 0.2) is 0 Å². The highest BCUT2D eigenvalue weighted by molar-refractivity contribution is 5.30. The molecular weight excluding hydrogens is 216 g/mol. The van der Waals surface area contributed by atoms with Gasteiger partial charge in [-0.2, -0.15) is 0 Å². The van der Waals surface area contributed by atoms with Gasteiger partial charge in [0.1, 0.15) is 0 Å². The van der Waals surface area contributed by atoms with Crippen molar-refractivity contribution in [2.75, 3.05) is 0 Å². The Balaban J connectivity index is 1.82. The van der Waals surface area contributed by atoms with Crippen molar-refractivity contribution in [3.63, 3.8) is 0 Å². The molecule has 1 aliphatic rings. The van der Waals surface area contributed by atoms with E-state index < -0.39 is 0 Å². The normalized spacial score (nSPS) is 23.0. The average Bonchev–Trinajstić information content (AvgIpc) is 2.54. The summed E-state index contributed by atoms with van der Waals surface area (Å²) in [5.41, 5.74) is 2.82. The Morgan fingerprint density at radius 2 is 1.39 bits per heavy atom. The number of benzene rings is 1. The maximum atomic E-state index is 2.20. The van der Waals surface area contributed by atoms with Crippen LogP contribution in [0.3, 0.4) is 0 Å². The molecule has 1 aliphatic carbocycles. The smallest absolute Gasteiger partial charge is 0.00835 e. The maximum Gasteiger partial charge on any atom is 0.00835 e. The molecule has 0 aromatic heterocycles. The predicted molar refractivity (Wildman–Crippen MR) is 79.2 cm³/mol. The Kier molecular flexibility index (Phi) is 5.26. The van der Waals surface area contributed by atoms with Crippen LogP contribution in [0.5, 0.6) is 0 Å². The SMILES string of the molecule is [CH]1\C=C/C=C\C=C/C=C\1CCCc1ccccc1. The Hall–Kier alpha value is -1.82. The molecule has 0 heterocycles. The molecule has 0 saturated carbocycles. The summed E-state index contributed by atoms with van der Waals surface area (Å²) >= 11 is 0. The van der Waals surface area contributed by atoms with E-state index in [9.17, 15) is 0 Å². The lowest BCUT2D eigenvalue weighted by molar-refractivity contribution is 0.818. The van der Waals surface area contributed by atoms with Crippen LogP contribution in [-0.2, 0) is 6.42 Å². The van der Waals surface area contributed by atoms with Crippen LogP contribution in [0.25, 0.3) is 0 Å². The first-order valence-corrected chi connectivity index (χ1v) is 6.53. The number of allylic oxidation sites excluding steroid dienone is 8. The molecule has 2 rings (SSSR count). The zero-order valence-electron chi connectivity index (χ0n) is 10.6. The number of hydrogen-bond donors (Lipinski definition) is 0. The minimum Gasteiger partial charge on any atom is -0.0764 e. The van der Waals surface area contributed by atoms with Crippen LogP contribution in [0.1, 0.15) is 18.4 Å². The van der Waals surface area contributed by atoms with Gasteiger partial charge in [0.2, 0.25) is 0 Å². The highest BCUT2D eigenvalue weighted by atomic mass is 14.0. The zero-order valence-corrected chi connectivity index (χ0v) is 10.6. The highest BCUT2D eigenvalue weighted by Gasteiger charge is 1.97. The first kappa shape index (κ1) is 12.6. The molecule has 0 fully saturated rings. The van der Waals surface area contributed by atoms with Gasteiger partial charge in [-0.15, -0.1) is 0 Å². The molecule has 0 nitrogen and oxygen atoms in total. The van der Waals surface area contributed by atoms with E-state index in [1.54, 1.807) is 0 Å². The first-order valence-electron chi connectivity index (χ1n) is 6.53. The second kappa shape index (κ2) is 7.50. The highest BCUT2D eigenvalue weighted by Crippen LogP contribution is 2.14. The zero-order chi connectivity index (χ0) is 12.5. The van der Waals surface area contributed by atoms with Crippen LogP contribution in [0.4, 0.5) is 0 Å². The second-order valence-corrected chi connectivity index (χ2v) is 4.40. The van der Waals surface area contributed by atoms with Gasteiger partial charge in [-0.1, -0.05) is 78.4 Å². The van der Waals surface area contributed by atoms with E-state index in [1.807, 2.05) is 12.2 Å². The number of aryl methyl sites for hydroxylation is 1. The lowest BCUT2D eigenvalue weighted by Gasteiger charge is -2.04. The molecule has 0 saturated heterocycles. The van der Waals surface area contributed by atoms with Crippen LogP contribution >= 0.6 is 0 Å². The molecule has 0 atom stereocenters. The largest absolute Gasteiger partial charge is 0.0764 e. The fourth-order valence-electron chi connectivity index (χ4n) is 1.98. The van der Waals surface area contributed by atoms with Crippen molar-refractivity contribution in [1.82, 2.24) is 0 Å². The van der Waals surface area contributed by atoms with E-state index in [0.717, 1.165) is 12.8 Å². The van der Waals surface area contributed by atoms with Gasteiger partial charge in [0.05, 0.1) is 0 Å². The molecule has 0 amide bonds. The Labute approximate surface area is 110 Å². The van der Waals surface area contributed by atoms with Crippen molar-refractivity contribution < 1.29 is 0 Å². The van der Waals surface area contributed by atoms with E-state index in [4.69, 9.17) is 0 Å². The molecule has 1 aromatic rings. The quantitative estimate of drug-likeness (QED) is 0.701. The lowest BCUT2D eigenvalue weighted by Crippen LogP contribution is -1.88. The first-order chi connectivity index (χ1) is 8.95. The molecule has 0 spiro atoms. The van der Waals surface area contributed by atoms with Crippen molar-refractivity contribution in [2.24, 2.45) is 0 Å². The molecule has 1 radical (unpaired) electrons. The summed E-state index contributed by atoms with van der Waals surface area (Å²) < 4.78 is 0. The van der Waals surface area contributed by atoms with Gasteiger partial charge in [0, 0.05) is 6.42 Å². The van der Waals surface area contributed by atoms with Crippen LogP contribution in [0, 0.1) is 6.42 Å². The van der Waals surface area contributed by atoms with E-state index >= 15 is 0 Å². The fourth-order valence-corrected chi connectivity index (χ4v) is 1.98. The van der Waals surface area contributed by atoms with E-state index in [2.05, 4.69) is 67.1 Å². The van der Waals surface area contributed by atoms with Crippen molar-refractivity contribution in [3.05, 3.63) is 90.4 Å². The number of hydrogen-bond acceptors (Lipinski definition) is 0. The van der Waals surface area contributed by atoms with E-state index in [-0.39, 0.29) is 0 Å². The van der Waals surface area contributed by atoms with Gasteiger partial charge < -0.3 is 0 Å². The summed E-state index contributed by atoms with van der Waals surface area (Å²) in [5, 5.41) is 0. The van der Waals surface area contributed by atoms with E-state index in [0.29, 0.717) is 0 Å². The molecule has 0 bridgehead atoms. The third kappa shape index (κ3) is 4.58. The summed E-state index contributed by atoms with van der Waals surface area (Å²) in [6, 6.07) is 10.7.